The van der Waals surface area contributed by atoms with Crippen molar-refractivity contribution in [3.8, 4) is 0 Å². The number of nitrogens with zero attached hydrogens (tertiary/aromatic N) is 1. The van der Waals surface area contributed by atoms with Crippen molar-refractivity contribution in [1.29, 1.82) is 0 Å². The van der Waals surface area contributed by atoms with Crippen molar-refractivity contribution < 1.29 is 52.1 Å². The summed E-state index contributed by atoms with van der Waals surface area (Å²) in [5, 5.41) is 0. The Kier molecular flexibility index (Phi) is 20.2. The third kappa shape index (κ3) is 97.7. The monoisotopic (exact) mass is 364 g/mol. The summed E-state index contributed by atoms with van der Waals surface area (Å²) in [6, 6.07) is 5.72. The number of pyridine rings is 1. The minimum Gasteiger partial charge on any atom is -0.265 e. The number of hydrogen-bond acceptors (Lipinski definition) is 5. The molecule has 1 heterocycles. The molecule has 9 nitrogen and oxygen atoms in total. The average molecular weight is 365 g/mol. The predicted molar refractivity (Wildman–Crippen MR) is 61.1 cm³/mol. The number of rotatable bonds is 0. The second-order valence-electron chi connectivity index (χ2n) is 1.92. The molecule has 4 N–H and O–H groups in total. The Morgan fingerprint density at radius 3 is 1.00 bits per heavy atom. The molecular formula is C5H11CuMgNO8S2. The summed E-state index contributed by atoms with van der Waals surface area (Å²) in [6.07, 6.45) is 3.50. The first-order valence-electron chi connectivity index (χ1n) is 3.25. The van der Waals surface area contributed by atoms with Crippen molar-refractivity contribution in [3.05, 3.63) is 30.6 Å². The van der Waals surface area contributed by atoms with Gasteiger partial charge in [-0.1, -0.05) is 6.07 Å². The van der Waals surface area contributed by atoms with Crippen LogP contribution in [0, 0.1) is 0 Å². The summed E-state index contributed by atoms with van der Waals surface area (Å²) >= 11 is 0. The molecule has 0 fully saturated rings. The van der Waals surface area contributed by atoms with E-state index in [4.69, 9.17) is 35.0 Å². The van der Waals surface area contributed by atoms with Gasteiger partial charge in [0.1, 0.15) is 0 Å². The van der Waals surface area contributed by atoms with Gasteiger partial charge >= 0.3 is 43.9 Å². The van der Waals surface area contributed by atoms with Crippen molar-refractivity contribution in [3.63, 3.8) is 0 Å². The van der Waals surface area contributed by atoms with E-state index in [0.717, 1.165) is 0 Å². The van der Waals surface area contributed by atoms with Crippen molar-refractivity contribution in [2.75, 3.05) is 0 Å². The van der Waals surface area contributed by atoms with Gasteiger partial charge in [0.05, 0.1) is 0 Å². The van der Waals surface area contributed by atoms with E-state index in [9.17, 15) is 0 Å². The third-order valence-electron chi connectivity index (χ3n) is 0.566. The van der Waals surface area contributed by atoms with Crippen LogP contribution in [0.1, 0.15) is 0 Å². The van der Waals surface area contributed by atoms with Gasteiger partial charge in [-0.25, -0.2) is 0 Å². The van der Waals surface area contributed by atoms with Crippen LogP contribution in [-0.4, -0.2) is 63.1 Å². The topological polar surface area (TPSA) is 162 Å². The third-order valence-corrected chi connectivity index (χ3v) is 0.566. The Morgan fingerprint density at radius 2 is 0.944 bits per heavy atom. The molecule has 0 saturated heterocycles. The van der Waals surface area contributed by atoms with E-state index in [0.29, 0.717) is 0 Å². The van der Waals surface area contributed by atoms with Crippen molar-refractivity contribution >= 4 is 43.9 Å². The Bertz CT molecular complexity index is 391. The summed E-state index contributed by atoms with van der Waals surface area (Å²) in [7, 11) is -9.33. The first kappa shape index (κ1) is 26.7. The molecule has 1 rings (SSSR count). The van der Waals surface area contributed by atoms with Gasteiger partial charge in [-0.05, 0) is 12.1 Å². The Morgan fingerprint density at radius 1 is 0.722 bits per heavy atom. The van der Waals surface area contributed by atoms with Crippen LogP contribution in [0.5, 0.6) is 0 Å². The largest absolute Gasteiger partial charge is 0.394 e. The van der Waals surface area contributed by atoms with E-state index in [-0.39, 0.29) is 40.1 Å². The molecule has 1 aromatic heterocycles. The van der Waals surface area contributed by atoms with Crippen molar-refractivity contribution in [2.45, 2.75) is 0 Å². The number of aromatic nitrogens is 1. The zero-order valence-corrected chi connectivity index (χ0v) is 10.4. The van der Waals surface area contributed by atoms with Crippen LogP contribution in [0.4, 0.5) is 0 Å². The molecular weight excluding hydrogens is 354 g/mol. The summed E-state index contributed by atoms with van der Waals surface area (Å²) < 4.78 is 63.2. The van der Waals surface area contributed by atoms with E-state index in [1.54, 1.807) is 12.4 Å². The molecule has 1 radical (unpaired) electrons. The van der Waals surface area contributed by atoms with E-state index in [1.165, 1.54) is 0 Å². The second-order valence-corrected chi connectivity index (χ2v) is 3.71. The molecule has 13 heteroatoms. The van der Waals surface area contributed by atoms with E-state index in [2.05, 4.69) is 4.98 Å². The van der Waals surface area contributed by atoms with E-state index < -0.39 is 20.8 Å². The Labute approximate surface area is 131 Å². The normalized spacial score (nSPS) is 9.11. The van der Waals surface area contributed by atoms with Crippen LogP contribution in [0.25, 0.3) is 0 Å². The second kappa shape index (κ2) is 13.6. The van der Waals surface area contributed by atoms with Crippen LogP contribution < -0.4 is 0 Å². The van der Waals surface area contributed by atoms with Crippen LogP contribution in [0.2, 0.25) is 0 Å². The van der Waals surface area contributed by atoms with Crippen molar-refractivity contribution in [2.24, 2.45) is 0 Å². The predicted octanol–water partition coefficient (Wildman–Crippen LogP) is -1.14. The van der Waals surface area contributed by atoms with Gasteiger partial charge in [0.25, 0.3) is 0 Å². The first-order chi connectivity index (χ1) is 7.00. The van der Waals surface area contributed by atoms with Crippen LogP contribution >= 0.6 is 0 Å². The quantitative estimate of drug-likeness (QED) is 0.329. The molecule has 0 bridgehead atoms. The van der Waals surface area contributed by atoms with E-state index in [1.807, 2.05) is 18.2 Å². The van der Waals surface area contributed by atoms with Crippen molar-refractivity contribution in [1.82, 2.24) is 4.98 Å². The van der Waals surface area contributed by atoms with Gasteiger partial charge in [-0.3, -0.25) is 23.2 Å². The van der Waals surface area contributed by atoms with Crippen LogP contribution in [-0.2, 0) is 37.9 Å². The van der Waals surface area contributed by atoms with Gasteiger partial charge in [0.15, 0.2) is 0 Å². The minimum absolute atomic E-state index is 0. The molecule has 0 aliphatic rings. The Balaban J connectivity index is -0.0000000781. The standard InChI is InChI=1S/C5H5N.Cu.Mg.2H2O4S.2H/c1-2-4-6-5-3-1;;;2*1-5(2,3)4;;/h1-5H;;;2*(H2,1,2,3,4);;. The smallest absolute Gasteiger partial charge is 0.265 e. The zero-order valence-electron chi connectivity index (χ0n) is 7.87. The average Bonchev–Trinajstić information content (AvgIpc) is 2.01. The molecule has 0 spiro atoms. The van der Waals surface area contributed by atoms with Gasteiger partial charge < -0.3 is 0 Å². The van der Waals surface area contributed by atoms with Gasteiger partial charge in [-0.15, -0.1) is 0 Å². The molecule has 0 unspecified atom stereocenters. The SMILES string of the molecule is O=S(=O)(O)O.O=S(=O)(O)O.[Cu].[MgH2].c1ccncc1. The maximum absolute atomic E-state index is 8.74. The van der Waals surface area contributed by atoms with Gasteiger partial charge in [-0.2, -0.15) is 16.8 Å². The molecule has 0 aliphatic carbocycles. The molecule has 0 aromatic carbocycles. The molecule has 0 aliphatic heterocycles. The molecule has 18 heavy (non-hydrogen) atoms. The summed E-state index contributed by atoms with van der Waals surface area (Å²) in [5.41, 5.74) is 0. The summed E-state index contributed by atoms with van der Waals surface area (Å²) in [5.74, 6) is 0. The van der Waals surface area contributed by atoms with Gasteiger partial charge in [0, 0.05) is 29.5 Å². The molecule has 0 saturated carbocycles. The fourth-order valence-corrected chi connectivity index (χ4v) is 0.313. The summed E-state index contributed by atoms with van der Waals surface area (Å²) in [6.45, 7) is 0. The molecule has 0 atom stereocenters. The maximum atomic E-state index is 8.74. The minimum atomic E-state index is -4.67. The fourth-order valence-electron chi connectivity index (χ4n) is 0.313. The van der Waals surface area contributed by atoms with Crippen LogP contribution in [0.3, 0.4) is 0 Å². The van der Waals surface area contributed by atoms with Crippen LogP contribution in [0.15, 0.2) is 30.6 Å². The number of hydrogen-bond donors (Lipinski definition) is 4. The fraction of sp³-hybridized carbons (Fsp3) is 0. The van der Waals surface area contributed by atoms with Gasteiger partial charge in [0.2, 0.25) is 0 Å². The van der Waals surface area contributed by atoms with E-state index >= 15 is 0 Å². The zero-order chi connectivity index (χ0) is 13.2. The molecule has 109 valence electrons. The summed E-state index contributed by atoms with van der Waals surface area (Å²) in [4.78, 5) is 3.78. The molecule has 1 aromatic rings. The Hall–Kier alpha value is 0.176. The molecule has 0 amide bonds. The maximum Gasteiger partial charge on any atom is 0.394 e. The first-order valence-corrected chi connectivity index (χ1v) is 6.04.